The van der Waals surface area contributed by atoms with E-state index in [4.69, 9.17) is 4.42 Å². The molecule has 0 amide bonds. The van der Waals surface area contributed by atoms with Crippen molar-refractivity contribution in [2.24, 2.45) is 0 Å². The van der Waals surface area contributed by atoms with Crippen LogP contribution in [0.25, 0.3) is 0 Å². The first kappa shape index (κ1) is 11.5. The number of nitrogens with one attached hydrogen (secondary N) is 1. The minimum Gasteiger partial charge on any atom is -0.472 e. The van der Waals surface area contributed by atoms with E-state index in [9.17, 15) is 13.2 Å². The molecule has 0 spiro atoms. The van der Waals surface area contributed by atoms with Crippen molar-refractivity contribution in [3.63, 3.8) is 0 Å². The molecule has 0 radical (unpaired) electrons. The lowest BCUT2D eigenvalue weighted by atomic mass is 10.3. The topological polar surface area (TPSA) is 25.2 Å². The van der Waals surface area contributed by atoms with Gasteiger partial charge < -0.3 is 9.73 Å². The van der Waals surface area contributed by atoms with Crippen LogP contribution in [0.15, 0.2) is 23.0 Å². The molecule has 0 saturated carbocycles. The third kappa shape index (κ3) is 5.18. The van der Waals surface area contributed by atoms with E-state index in [1.807, 2.05) is 0 Å². The highest BCUT2D eigenvalue weighted by Gasteiger charge is 2.27. The van der Waals surface area contributed by atoms with Crippen LogP contribution in [-0.4, -0.2) is 17.8 Å². The van der Waals surface area contributed by atoms with Crippen molar-refractivity contribution in [1.29, 1.82) is 0 Å². The van der Waals surface area contributed by atoms with Gasteiger partial charge in [0.15, 0.2) is 0 Å². The highest BCUT2D eigenvalue weighted by molar-refractivity contribution is 8.00. The van der Waals surface area contributed by atoms with Gasteiger partial charge in [-0.3, -0.25) is 0 Å². The van der Waals surface area contributed by atoms with E-state index in [2.05, 4.69) is 5.32 Å². The number of hydrogen-bond acceptors (Lipinski definition) is 3. The van der Waals surface area contributed by atoms with Crippen molar-refractivity contribution in [2.45, 2.75) is 12.1 Å². The van der Waals surface area contributed by atoms with Gasteiger partial charge in [0.05, 0.1) is 12.5 Å². The molecule has 14 heavy (non-hydrogen) atoms. The fourth-order valence-electron chi connectivity index (χ4n) is 0.865. The van der Waals surface area contributed by atoms with Gasteiger partial charge in [0, 0.05) is 24.4 Å². The molecule has 0 atom stereocenters. The molecule has 80 valence electrons. The van der Waals surface area contributed by atoms with Gasteiger partial charge in [-0.2, -0.15) is 13.2 Å². The van der Waals surface area contributed by atoms with Crippen molar-refractivity contribution < 1.29 is 17.6 Å². The first-order valence-corrected chi connectivity index (χ1v) is 4.99. The zero-order chi connectivity index (χ0) is 10.4. The number of halogens is 3. The molecule has 0 aliphatic heterocycles. The zero-order valence-electron chi connectivity index (χ0n) is 7.30. The van der Waals surface area contributed by atoms with E-state index >= 15 is 0 Å². The summed E-state index contributed by atoms with van der Waals surface area (Å²) in [6.07, 6.45) is 3.09. The van der Waals surface area contributed by atoms with Crippen LogP contribution in [0, 0.1) is 0 Å². The van der Waals surface area contributed by atoms with Crippen molar-refractivity contribution in [3.05, 3.63) is 24.2 Å². The van der Waals surface area contributed by atoms with Crippen molar-refractivity contribution >= 4 is 11.8 Å². The van der Waals surface area contributed by atoms with Crippen LogP contribution in [0.2, 0.25) is 0 Å². The maximum absolute atomic E-state index is 11.7. The van der Waals surface area contributed by atoms with Gasteiger partial charge in [-0.1, -0.05) is 0 Å². The summed E-state index contributed by atoms with van der Waals surface area (Å²) in [6.45, 7) is 0.865. The van der Waals surface area contributed by atoms with Crippen LogP contribution in [-0.2, 0) is 6.54 Å². The monoisotopic (exact) mass is 225 g/mol. The lowest BCUT2D eigenvalue weighted by molar-refractivity contribution is -0.0327. The standard InChI is InChI=1S/C8H10F3NOS/c9-8(10,11)14-4-2-12-5-7-1-3-13-6-7/h1,3,6,12H,2,4-5H2. The van der Waals surface area contributed by atoms with Crippen LogP contribution in [0.5, 0.6) is 0 Å². The van der Waals surface area contributed by atoms with Crippen LogP contribution in [0.3, 0.4) is 0 Å². The number of rotatable bonds is 5. The first-order valence-electron chi connectivity index (χ1n) is 4.00. The summed E-state index contributed by atoms with van der Waals surface area (Å²) in [6, 6.07) is 1.77. The molecule has 1 N–H and O–H groups in total. The molecule has 0 saturated heterocycles. The van der Waals surface area contributed by atoms with Gasteiger partial charge in [0.25, 0.3) is 0 Å². The van der Waals surface area contributed by atoms with Gasteiger partial charge in [0.1, 0.15) is 0 Å². The SMILES string of the molecule is FC(F)(F)SCCNCc1ccoc1. The second-order valence-electron chi connectivity index (χ2n) is 2.60. The molecule has 0 bridgehead atoms. The van der Waals surface area contributed by atoms with Crippen molar-refractivity contribution in [3.8, 4) is 0 Å². The fourth-order valence-corrected chi connectivity index (χ4v) is 1.34. The number of furan rings is 1. The lowest BCUT2D eigenvalue weighted by Crippen LogP contribution is -2.18. The Morgan fingerprint density at radius 1 is 1.43 bits per heavy atom. The van der Waals surface area contributed by atoms with Crippen LogP contribution in [0.4, 0.5) is 13.2 Å². The Morgan fingerprint density at radius 3 is 2.79 bits per heavy atom. The first-order chi connectivity index (χ1) is 6.58. The van der Waals surface area contributed by atoms with Gasteiger partial charge in [-0.15, -0.1) is 0 Å². The number of hydrogen-bond donors (Lipinski definition) is 1. The number of alkyl halides is 3. The Labute approximate surface area is 83.9 Å². The molecule has 0 aliphatic rings. The highest BCUT2D eigenvalue weighted by atomic mass is 32.2. The molecule has 0 fully saturated rings. The Balaban J connectivity index is 2.00. The Kier molecular flexibility index (Phi) is 4.34. The van der Waals surface area contributed by atoms with Gasteiger partial charge in [0.2, 0.25) is 0 Å². The molecule has 1 aromatic heterocycles. The summed E-state index contributed by atoms with van der Waals surface area (Å²) >= 11 is -0.0152. The zero-order valence-corrected chi connectivity index (χ0v) is 8.12. The lowest BCUT2D eigenvalue weighted by Gasteiger charge is -2.05. The number of thioether (sulfide) groups is 1. The molecular weight excluding hydrogens is 215 g/mol. The van der Waals surface area contributed by atoms with Gasteiger partial charge >= 0.3 is 5.51 Å². The Bertz CT molecular complexity index is 248. The predicted molar refractivity (Wildman–Crippen MR) is 48.9 cm³/mol. The summed E-state index contributed by atoms with van der Waals surface area (Å²) in [4.78, 5) is 0. The summed E-state index contributed by atoms with van der Waals surface area (Å²) < 4.78 is 39.8. The third-order valence-corrected chi connectivity index (χ3v) is 2.19. The highest BCUT2D eigenvalue weighted by Crippen LogP contribution is 2.29. The molecule has 2 nitrogen and oxygen atoms in total. The second kappa shape index (κ2) is 5.31. The Morgan fingerprint density at radius 2 is 2.21 bits per heavy atom. The van der Waals surface area contributed by atoms with E-state index in [-0.39, 0.29) is 17.5 Å². The summed E-state index contributed by atoms with van der Waals surface area (Å²) in [5.74, 6) is 0.0291. The maximum Gasteiger partial charge on any atom is 0.441 e. The van der Waals surface area contributed by atoms with E-state index in [1.165, 1.54) is 6.26 Å². The third-order valence-electron chi connectivity index (χ3n) is 1.45. The molecule has 0 unspecified atom stereocenters. The molecule has 1 aromatic rings. The molecular formula is C8H10F3NOS. The average molecular weight is 225 g/mol. The molecule has 0 aromatic carbocycles. The van der Waals surface area contributed by atoms with Gasteiger partial charge in [-0.25, -0.2) is 0 Å². The van der Waals surface area contributed by atoms with E-state index in [0.717, 1.165) is 5.56 Å². The molecule has 1 heterocycles. The van der Waals surface area contributed by atoms with Crippen molar-refractivity contribution in [1.82, 2.24) is 5.32 Å². The molecule has 6 heteroatoms. The quantitative estimate of drug-likeness (QED) is 0.780. The van der Waals surface area contributed by atoms with Crippen LogP contribution in [0.1, 0.15) is 5.56 Å². The summed E-state index contributed by atoms with van der Waals surface area (Å²) in [5.41, 5.74) is -3.20. The van der Waals surface area contributed by atoms with E-state index in [1.54, 1.807) is 12.3 Å². The summed E-state index contributed by atoms with van der Waals surface area (Å²) in [7, 11) is 0. The Hall–Kier alpha value is -0.620. The minimum absolute atomic E-state index is 0.0152. The van der Waals surface area contributed by atoms with Gasteiger partial charge in [-0.05, 0) is 17.8 Å². The normalized spacial score (nSPS) is 11.9. The smallest absolute Gasteiger partial charge is 0.441 e. The fraction of sp³-hybridized carbons (Fsp3) is 0.500. The van der Waals surface area contributed by atoms with Crippen molar-refractivity contribution in [2.75, 3.05) is 12.3 Å². The van der Waals surface area contributed by atoms with Crippen LogP contribution < -0.4 is 5.32 Å². The molecule has 1 rings (SSSR count). The van der Waals surface area contributed by atoms with E-state index in [0.29, 0.717) is 13.1 Å². The average Bonchev–Trinajstić information content (AvgIpc) is 2.54. The predicted octanol–water partition coefficient (Wildman–Crippen LogP) is 2.62. The van der Waals surface area contributed by atoms with E-state index < -0.39 is 5.51 Å². The maximum atomic E-state index is 11.7. The minimum atomic E-state index is -4.13. The molecule has 0 aliphatic carbocycles. The summed E-state index contributed by atoms with van der Waals surface area (Å²) in [5, 5.41) is 2.88. The second-order valence-corrected chi connectivity index (χ2v) is 3.76. The largest absolute Gasteiger partial charge is 0.472 e. The van der Waals surface area contributed by atoms with Crippen LogP contribution >= 0.6 is 11.8 Å².